The number of aromatic nitrogens is 1. The van der Waals surface area contributed by atoms with Crippen LogP contribution in [0.15, 0.2) is 30.3 Å². The lowest BCUT2D eigenvalue weighted by Crippen LogP contribution is -2.51. The van der Waals surface area contributed by atoms with Gasteiger partial charge in [-0.2, -0.15) is 18.4 Å². The zero-order valence-electron chi connectivity index (χ0n) is 32.2. The fourth-order valence-corrected chi connectivity index (χ4v) is 9.58. The van der Waals surface area contributed by atoms with Gasteiger partial charge in [0.05, 0.1) is 46.3 Å². The first-order valence-corrected chi connectivity index (χ1v) is 19.6. The molecule has 1 saturated carbocycles. The second-order valence-corrected chi connectivity index (χ2v) is 16.4. The van der Waals surface area contributed by atoms with Crippen molar-refractivity contribution < 1.29 is 37.1 Å². The van der Waals surface area contributed by atoms with Gasteiger partial charge in [-0.25, -0.2) is 4.98 Å². The SMILES string of the molecule is CC(=O)Nc1ccc(C2CCC(=O)NC2=O)nc1N1C(C)CC(CCOC2CCC(N3C(=S)N(c4ccc(C#N)c(C(F)(F)F)c4)C(=O)C3(C)C)CC2)CC1C. The van der Waals surface area contributed by atoms with E-state index in [9.17, 15) is 37.6 Å². The number of imide groups is 1. The molecule has 2 aromatic rings. The van der Waals surface area contributed by atoms with Gasteiger partial charge in [-0.1, -0.05) is 0 Å². The van der Waals surface area contributed by atoms with Crippen molar-refractivity contribution in [1.82, 2.24) is 15.2 Å². The maximum atomic E-state index is 13.8. The van der Waals surface area contributed by atoms with Crippen LogP contribution in [0, 0.1) is 17.2 Å². The van der Waals surface area contributed by atoms with Gasteiger partial charge in [0.15, 0.2) is 10.9 Å². The zero-order valence-corrected chi connectivity index (χ0v) is 33.1. The Hall–Kier alpha value is -4.62. The van der Waals surface area contributed by atoms with Gasteiger partial charge in [0, 0.05) is 38.1 Å². The minimum Gasteiger partial charge on any atom is -0.378 e. The fraction of sp³-hybridized carbons (Fsp3) is 0.575. The Bertz CT molecular complexity index is 1930. The number of rotatable bonds is 9. The summed E-state index contributed by atoms with van der Waals surface area (Å²) in [6.07, 6.45) is 1.38. The third-order valence-corrected chi connectivity index (χ3v) is 12.0. The number of anilines is 3. The molecule has 16 heteroatoms. The summed E-state index contributed by atoms with van der Waals surface area (Å²) in [7, 11) is 0. The molecule has 0 spiro atoms. The molecule has 3 unspecified atom stereocenters. The Morgan fingerprint density at radius 2 is 1.75 bits per heavy atom. The van der Waals surface area contributed by atoms with Crippen LogP contribution in [0.2, 0.25) is 0 Å². The molecule has 6 rings (SSSR count). The molecule has 3 aliphatic heterocycles. The van der Waals surface area contributed by atoms with Crippen LogP contribution < -0.4 is 20.4 Å². The predicted molar refractivity (Wildman–Crippen MR) is 207 cm³/mol. The minimum atomic E-state index is -4.77. The number of piperidine rings is 2. The molecule has 0 radical (unpaired) electrons. The number of carbonyl (C=O) groups excluding carboxylic acids is 4. The minimum absolute atomic E-state index is 0.0152. The van der Waals surface area contributed by atoms with E-state index in [1.54, 1.807) is 32.0 Å². The monoisotopic (exact) mass is 795 g/mol. The third kappa shape index (κ3) is 8.25. The smallest absolute Gasteiger partial charge is 0.378 e. The molecule has 300 valence electrons. The Morgan fingerprint density at radius 1 is 1.07 bits per heavy atom. The molecule has 1 aromatic heterocycles. The van der Waals surface area contributed by atoms with Crippen molar-refractivity contribution in [1.29, 1.82) is 5.26 Å². The molecular weight excluding hydrogens is 748 g/mol. The van der Waals surface area contributed by atoms with Crippen LogP contribution in [0.3, 0.4) is 0 Å². The standard InChI is InChI=1S/C40H48F3N7O5S/c1-22-18-25(19-23(2)48(22)35-33(45-24(3)51)14-13-32(46-35)30-12-15-34(52)47-36(30)53)16-17-55-29-10-8-27(9-11-29)50-38(56)49(37(54)39(50,4)5)28-7-6-26(21-44)31(20-28)40(41,42)43/h6-7,13-14,20,22-23,25,27,29-30H,8-12,15-19H2,1-5H3,(H,45,51)(H,47,52,53). The summed E-state index contributed by atoms with van der Waals surface area (Å²) in [5.74, 6) is -0.852. The van der Waals surface area contributed by atoms with E-state index in [1.807, 2.05) is 4.90 Å². The first-order chi connectivity index (χ1) is 26.4. The number of nitrogens with zero attached hydrogens (tertiary/aromatic N) is 5. The first kappa shape index (κ1) is 41.0. The summed E-state index contributed by atoms with van der Waals surface area (Å²) >= 11 is 5.75. The number of pyridine rings is 1. The summed E-state index contributed by atoms with van der Waals surface area (Å²) < 4.78 is 47.7. The van der Waals surface area contributed by atoms with E-state index in [0.29, 0.717) is 49.0 Å². The molecule has 2 N–H and O–H groups in total. The average Bonchev–Trinajstić information content (AvgIpc) is 3.30. The van der Waals surface area contributed by atoms with E-state index in [0.717, 1.165) is 49.1 Å². The lowest BCUT2D eigenvalue weighted by Gasteiger charge is -2.44. The first-order valence-electron chi connectivity index (χ1n) is 19.2. The lowest BCUT2D eigenvalue weighted by atomic mass is 9.85. The number of nitriles is 1. The van der Waals surface area contributed by atoms with Crippen LogP contribution in [0.5, 0.6) is 0 Å². The molecule has 4 amide bonds. The molecule has 12 nitrogen and oxygen atoms in total. The van der Waals surface area contributed by atoms with Crippen LogP contribution in [-0.2, 0) is 30.1 Å². The van der Waals surface area contributed by atoms with Crippen LogP contribution in [-0.4, -0.2) is 75.0 Å². The van der Waals surface area contributed by atoms with Crippen molar-refractivity contribution in [2.24, 2.45) is 5.92 Å². The van der Waals surface area contributed by atoms with Gasteiger partial charge in [0.25, 0.3) is 5.91 Å². The van der Waals surface area contributed by atoms with Crippen molar-refractivity contribution in [2.75, 3.05) is 21.7 Å². The number of benzene rings is 1. The molecule has 3 atom stereocenters. The Balaban J connectivity index is 1.04. The van der Waals surface area contributed by atoms with Crippen LogP contribution in [0.4, 0.5) is 30.4 Å². The van der Waals surface area contributed by atoms with E-state index >= 15 is 0 Å². The number of hydrogen-bond donors (Lipinski definition) is 2. The summed E-state index contributed by atoms with van der Waals surface area (Å²) in [6.45, 7) is 9.76. The molecule has 1 aliphatic carbocycles. The van der Waals surface area contributed by atoms with Gasteiger partial charge in [0.1, 0.15) is 5.54 Å². The predicted octanol–water partition coefficient (Wildman–Crippen LogP) is 6.57. The van der Waals surface area contributed by atoms with E-state index in [-0.39, 0.29) is 59.2 Å². The molecule has 0 bridgehead atoms. The molecule has 4 aliphatic rings. The van der Waals surface area contributed by atoms with E-state index < -0.39 is 34.7 Å². The van der Waals surface area contributed by atoms with Gasteiger partial charge in [-0.05, 0) is 128 Å². The van der Waals surface area contributed by atoms with Gasteiger partial charge in [-0.3, -0.25) is 29.4 Å². The topological polar surface area (TPSA) is 148 Å². The van der Waals surface area contributed by atoms with Gasteiger partial charge in [-0.15, -0.1) is 0 Å². The quantitative estimate of drug-likeness (QED) is 0.211. The van der Waals surface area contributed by atoms with Crippen LogP contribution in [0.1, 0.15) is 115 Å². The second kappa shape index (κ2) is 16.1. The fourth-order valence-electron chi connectivity index (χ4n) is 9.02. The lowest BCUT2D eigenvalue weighted by molar-refractivity contribution is -0.138. The average molecular weight is 796 g/mol. The number of carbonyl (C=O) groups is 4. The van der Waals surface area contributed by atoms with E-state index in [1.165, 1.54) is 13.0 Å². The molecule has 3 saturated heterocycles. The molecule has 1 aromatic carbocycles. The highest BCUT2D eigenvalue weighted by molar-refractivity contribution is 7.80. The maximum absolute atomic E-state index is 13.8. The van der Waals surface area contributed by atoms with Gasteiger partial charge >= 0.3 is 6.18 Å². The number of amides is 4. The largest absolute Gasteiger partial charge is 0.417 e. The number of ether oxygens (including phenoxy) is 1. The summed E-state index contributed by atoms with van der Waals surface area (Å²) in [6, 6.07) is 8.38. The molecule has 4 fully saturated rings. The maximum Gasteiger partial charge on any atom is 0.417 e. The number of halogens is 3. The summed E-state index contributed by atoms with van der Waals surface area (Å²) in [5, 5.41) is 14.7. The Labute approximate surface area is 330 Å². The van der Waals surface area contributed by atoms with Crippen LogP contribution >= 0.6 is 12.2 Å². The highest BCUT2D eigenvalue weighted by Crippen LogP contribution is 2.42. The van der Waals surface area contributed by atoms with Crippen LogP contribution in [0.25, 0.3) is 0 Å². The van der Waals surface area contributed by atoms with Crippen molar-refractivity contribution >= 4 is 58.2 Å². The number of nitrogens with one attached hydrogen (secondary N) is 2. The highest BCUT2D eigenvalue weighted by Gasteiger charge is 2.52. The van der Waals surface area contributed by atoms with Gasteiger partial charge < -0.3 is 19.9 Å². The Morgan fingerprint density at radius 3 is 2.36 bits per heavy atom. The highest BCUT2D eigenvalue weighted by atomic mass is 32.1. The second-order valence-electron chi connectivity index (χ2n) is 16.0. The van der Waals surface area contributed by atoms with Crippen molar-refractivity contribution in [3.8, 4) is 6.07 Å². The number of alkyl halides is 3. The number of hydrogen-bond acceptors (Lipinski definition) is 9. The molecular formula is C40H48F3N7O5S. The molecule has 4 heterocycles. The zero-order chi connectivity index (χ0) is 40.7. The summed E-state index contributed by atoms with van der Waals surface area (Å²) in [4.78, 5) is 60.3. The molecule has 56 heavy (non-hydrogen) atoms. The third-order valence-electron chi connectivity index (χ3n) is 11.6. The van der Waals surface area contributed by atoms with Crippen molar-refractivity contribution in [2.45, 2.75) is 134 Å². The Kier molecular flexibility index (Phi) is 11.8. The van der Waals surface area contributed by atoms with Crippen molar-refractivity contribution in [3.63, 3.8) is 0 Å². The summed E-state index contributed by atoms with van der Waals surface area (Å²) in [5.41, 5.74) is -1.58. The van der Waals surface area contributed by atoms with E-state index in [4.69, 9.17) is 21.9 Å². The van der Waals surface area contributed by atoms with Crippen molar-refractivity contribution in [3.05, 3.63) is 47.2 Å². The number of thiocarbonyl (C=S) groups is 1. The van der Waals surface area contributed by atoms with Gasteiger partial charge in [0.2, 0.25) is 17.7 Å². The van der Waals surface area contributed by atoms with E-state index in [2.05, 4.69) is 29.4 Å². The normalized spacial score (nSPS) is 26.9.